The second-order valence-electron chi connectivity index (χ2n) is 4.14. The minimum Gasteiger partial charge on any atom is -0.356 e. The van der Waals surface area contributed by atoms with Crippen LogP contribution in [0.1, 0.15) is 19.0 Å². The lowest BCUT2D eigenvalue weighted by molar-refractivity contribution is 0.659. The van der Waals surface area contributed by atoms with E-state index in [0.717, 1.165) is 24.5 Å². The summed E-state index contributed by atoms with van der Waals surface area (Å²) >= 11 is 1.88. The van der Waals surface area contributed by atoms with Gasteiger partial charge in [-0.3, -0.25) is 4.98 Å². The molecule has 4 nitrogen and oxygen atoms in total. The summed E-state index contributed by atoms with van der Waals surface area (Å²) in [6.45, 7) is 2.98. The first kappa shape index (κ1) is 14.3. The van der Waals surface area contributed by atoms with E-state index in [1.54, 1.807) is 0 Å². The molecule has 5 heteroatoms. The van der Waals surface area contributed by atoms with Crippen molar-refractivity contribution < 1.29 is 0 Å². The van der Waals surface area contributed by atoms with Gasteiger partial charge in [0.25, 0.3) is 0 Å². The van der Waals surface area contributed by atoms with Crippen LogP contribution in [-0.4, -0.2) is 42.1 Å². The van der Waals surface area contributed by atoms with Gasteiger partial charge in [-0.1, -0.05) is 0 Å². The minimum atomic E-state index is 0.493. The number of aromatic nitrogens is 2. The average Bonchev–Trinajstić information content (AvgIpc) is 2.36. The molecule has 1 aromatic rings. The molecule has 0 radical (unpaired) electrons. The van der Waals surface area contributed by atoms with E-state index < -0.39 is 0 Å². The summed E-state index contributed by atoms with van der Waals surface area (Å²) in [6.07, 6.45) is 6.99. The predicted octanol–water partition coefficient (Wildman–Crippen LogP) is 1.77. The summed E-state index contributed by atoms with van der Waals surface area (Å²) in [7, 11) is 3.99. The molecule has 0 aliphatic heterocycles. The molecule has 0 bridgehead atoms. The second kappa shape index (κ2) is 7.50. The molecule has 1 heterocycles. The normalized spacial score (nSPS) is 12.5. The maximum absolute atomic E-state index is 4.44. The van der Waals surface area contributed by atoms with Crippen molar-refractivity contribution in [3.8, 4) is 0 Å². The largest absolute Gasteiger partial charge is 0.356 e. The van der Waals surface area contributed by atoms with Gasteiger partial charge in [0, 0.05) is 19.6 Å². The van der Waals surface area contributed by atoms with Crippen LogP contribution in [0, 0.1) is 0 Å². The van der Waals surface area contributed by atoms with Crippen molar-refractivity contribution in [3.63, 3.8) is 0 Å². The summed E-state index contributed by atoms with van der Waals surface area (Å²) in [5, 5.41) is 3.06. The molecule has 1 rings (SSSR count). The molecule has 0 saturated carbocycles. The second-order valence-corrected chi connectivity index (χ2v) is 5.12. The molecule has 0 amide bonds. The van der Waals surface area contributed by atoms with Crippen molar-refractivity contribution >= 4 is 17.6 Å². The topological polar surface area (TPSA) is 41.1 Å². The Morgan fingerprint density at radius 3 is 2.71 bits per heavy atom. The molecule has 0 aromatic carbocycles. The monoisotopic (exact) mass is 254 g/mol. The van der Waals surface area contributed by atoms with Gasteiger partial charge in [-0.15, -0.1) is 0 Å². The molecule has 1 N–H and O–H groups in total. The number of hydrogen-bond donors (Lipinski definition) is 1. The van der Waals surface area contributed by atoms with Crippen LogP contribution in [0.5, 0.6) is 0 Å². The van der Waals surface area contributed by atoms with E-state index in [9.17, 15) is 0 Å². The molecule has 0 saturated heterocycles. The van der Waals surface area contributed by atoms with Gasteiger partial charge in [0.1, 0.15) is 5.82 Å². The van der Waals surface area contributed by atoms with Crippen LogP contribution >= 0.6 is 11.8 Å². The summed E-state index contributed by atoms with van der Waals surface area (Å²) in [4.78, 5) is 11.0. The first-order valence-electron chi connectivity index (χ1n) is 5.86. The number of nitrogens with one attached hydrogen (secondary N) is 1. The van der Waals surface area contributed by atoms with E-state index in [-0.39, 0.29) is 0 Å². The molecule has 1 unspecified atom stereocenters. The first-order valence-corrected chi connectivity index (χ1v) is 7.25. The zero-order valence-corrected chi connectivity index (χ0v) is 11.9. The number of thioether (sulfide) groups is 1. The Balaban J connectivity index is 2.58. The highest BCUT2D eigenvalue weighted by molar-refractivity contribution is 7.98. The summed E-state index contributed by atoms with van der Waals surface area (Å²) in [5.41, 5.74) is 0.974. The zero-order chi connectivity index (χ0) is 12.7. The van der Waals surface area contributed by atoms with Gasteiger partial charge < -0.3 is 10.2 Å². The van der Waals surface area contributed by atoms with Crippen LogP contribution in [0.3, 0.4) is 0 Å². The van der Waals surface area contributed by atoms with Crippen molar-refractivity contribution in [3.05, 3.63) is 18.1 Å². The van der Waals surface area contributed by atoms with Crippen molar-refractivity contribution in [2.75, 3.05) is 31.0 Å². The van der Waals surface area contributed by atoms with Crippen LogP contribution in [-0.2, 0) is 6.54 Å². The zero-order valence-electron chi connectivity index (χ0n) is 11.1. The Hall–Kier alpha value is -0.810. The Kier molecular flexibility index (Phi) is 6.29. The number of nitrogens with zero attached hydrogens (tertiary/aromatic N) is 3. The molecule has 0 spiro atoms. The third kappa shape index (κ3) is 4.52. The fraction of sp³-hybridized carbons (Fsp3) is 0.667. The van der Waals surface area contributed by atoms with E-state index >= 15 is 0 Å². The SMILES string of the molecule is CNCc1cnc(N(C)C(C)CCSC)cn1. The van der Waals surface area contributed by atoms with E-state index in [4.69, 9.17) is 0 Å². The van der Waals surface area contributed by atoms with Crippen LogP contribution < -0.4 is 10.2 Å². The van der Waals surface area contributed by atoms with Gasteiger partial charge in [0.05, 0.1) is 18.1 Å². The molecular formula is C12H22N4S. The minimum absolute atomic E-state index is 0.493. The third-order valence-electron chi connectivity index (χ3n) is 2.81. The number of anilines is 1. The van der Waals surface area contributed by atoms with Gasteiger partial charge in [0.2, 0.25) is 0 Å². The van der Waals surface area contributed by atoms with Gasteiger partial charge in [0.15, 0.2) is 0 Å². The predicted molar refractivity (Wildman–Crippen MR) is 75.7 cm³/mol. The lowest BCUT2D eigenvalue weighted by atomic mass is 10.2. The molecule has 1 atom stereocenters. The van der Waals surface area contributed by atoms with E-state index in [2.05, 4.69) is 40.4 Å². The molecular weight excluding hydrogens is 232 g/mol. The van der Waals surface area contributed by atoms with Crippen molar-refractivity contribution in [1.82, 2.24) is 15.3 Å². The van der Waals surface area contributed by atoms with Crippen molar-refractivity contribution in [1.29, 1.82) is 0 Å². The quantitative estimate of drug-likeness (QED) is 0.803. The van der Waals surface area contributed by atoms with Gasteiger partial charge >= 0.3 is 0 Å². The highest BCUT2D eigenvalue weighted by Crippen LogP contribution is 2.13. The molecule has 0 aliphatic rings. The standard InChI is InChI=1S/C12H22N4S/c1-10(5-6-17-4)16(3)12-9-14-11(7-13-2)8-15-12/h8-10,13H,5-7H2,1-4H3. The Morgan fingerprint density at radius 1 is 1.41 bits per heavy atom. The van der Waals surface area contributed by atoms with Crippen molar-refractivity contribution in [2.24, 2.45) is 0 Å². The highest BCUT2D eigenvalue weighted by Gasteiger charge is 2.10. The van der Waals surface area contributed by atoms with Gasteiger partial charge in [-0.25, -0.2) is 4.98 Å². The van der Waals surface area contributed by atoms with Crippen LogP contribution in [0.4, 0.5) is 5.82 Å². The fourth-order valence-electron chi connectivity index (χ4n) is 1.51. The fourth-order valence-corrected chi connectivity index (χ4v) is 2.09. The Labute approximate surface area is 108 Å². The Bertz CT molecular complexity index is 315. The Morgan fingerprint density at radius 2 is 2.18 bits per heavy atom. The van der Waals surface area contributed by atoms with Crippen LogP contribution in [0.15, 0.2) is 12.4 Å². The van der Waals surface area contributed by atoms with Gasteiger partial charge in [-0.05, 0) is 32.4 Å². The molecule has 1 aromatic heterocycles. The van der Waals surface area contributed by atoms with E-state index in [1.807, 2.05) is 31.2 Å². The molecule has 0 aliphatic carbocycles. The first-order chi connectivity index (χ1) is 8.19. The molecule has 0 fully saturated rings. The van der Waals surface area contributed by atoms with Crippen LogP contribution in [0.25, 0.3) is 0 Å². The van der Waals surface area contributed by atoms with Crippen LogP contribution in [0.2, 0.25) is 0 Å². The molecule has 17 heavy (non-hydrogen) atoms. The highest BCUT2D eigenvalue weighted by atomic mass is 32.2. The van der Waals surface area contributed by atoms with E-state index in [1.165, 1.54) is 5.75 Å². The summed E-state index contributed by atoms with van der Waals surface area (Å²) in [5.74, 6) is 2.12. The van der Waals surface area contributed by atoms with E-state index in [0.29, 0.717) is 6.04 Å². The lowest BCUT2D eigenvalue weighted by Gasteiger charge is -2.25. The average molecular weight is 254 g/mol. The number of rotatable bonds is 7. The maximum atomic E-state index is 4.44. The lowest BCUT2D eigenvalue weighted by Crippen LogP contribution is -2.30. The van der Waals surface area contributed by atoms with Gasteiger partial charge in [-0.2, -0.15) is 11.8 Å². The summed E-state index contributed by atoms with van der Waals surface area (Å²) in [6, 6.07) is 0.493. The third-order valence-corrected chi connectivity index (χ3v) is 3.46. The number of hydrogen-bond acceptors (Lipinski definition) is 5. The smallest absolute Gasteiger partial charge is 0.147 e. The van der Waals surface area contributed by atoms with Crippen molar-refractivity contribution in [2.45, 2.75) is 25.9 Å². The maximum Gasteiger partial charge on any atom is 0.147 e. The summed E-state index contributed by atoms with van der Waals surface area (Å²) < 4.78 is 0. The molecule has 96 valence electrons.